The van der Waals surface area contributed by atoms with Gasteiger partial charge in [0.1, 0.15) is 5.75 Å². The van der Waals surface area contributed by atoms with E-state index in [2.05, 4.69) is 14.9 Å². The number of rotatable bonds is 3. The first-order valence-corrected chi connectivity index (χ1v) is 8.09. The van der Waals surface area contributed by atoms with Crippen LogP contribution in [-0.2, 0) is 6.54 Å². The molecule has 0 saturated carbocycles. The Hall–Kier alpha value is -2.89. The topological polar surface area (TPSA) is 71.2 Å². The van der Waals surface area contributed by atoms with Crippen LogP contribution >= 0.6 is 0 Å². The van der Waals surface area contributed by atoms with E-state index < -0.39 is 0 Å². The molecule has 3 heterocycles. The third-order valence-corrected chi connectivity index (χ3v) is 4.58. The van der Waals surface area contributed by atoms with Crippen LogP contribution in [0.15, 0.2) is 53.7 Å². The van der Waals surface area contributed by atoms with Gasteiger partial charge in [-0.2, -0.15) is 0 Å². The summed E-state index contributed by atoms with van der Waals surface area (Å²) in [6, 6.07) is 8.97. The molecular weight excluding hydrogens is 304 g/mol. The summed E-state index contributed by atoms with van der Waals surface area (Å²) in [7, 11) is 0. The lowest BCUT2D eigenvalue weighted by molar-refractivity contribution is 0.479. The van der Waals surface area contributed by atoms with E-state index in [1.54, 1.807) is 41.4 Å². The molecular formula is C18H18N4O2. The third-order valence-electron chi connectivity index (χ3n) is 4.58. The zero-order valence-electron chi connectivity index (χ0n) is 13.2. The van der Waals surface area contributed by atoms with Gasteiger partial charge in [0.05, 0.1) is 5.39 Å². The molecule has 1 fully saturated rings. The molecule has 6 heteroatoms. The molecule has 1 unspecified atom stereocenters. The summed E-state index contributed by atoms with van der Waals surface area (Å²) in [4.78, 5) is 23.5. The lowest BCUT2D eigenvalue weighted by Crippen LogP contribution is -2.37. The van der Waals surface area contributed by atoms with Crippen LogP contribution in [0.25, 0.3) is 10.8 Å². The van der Waals surface area contributed by atoms with Gasteiger partial charge in [-0.3, -0.25) is 4.79 Å². The van der Waals surface area contributed by atoms with Crippen molar-refractivity contribution in [3.05, 3.63) is 59.3 Å². The highest BCUT2D eigenvalue weighted by molar-refractivity contribution is 5.86. The second kappa shape index (κ2) is 5.96. The number of phenols is 1. The van der Waals surface area contributed by atoms with E-state index in [4.69, 9.17) is 0 Å². The van der Waals surface area contributed by atoms with Crippen molar-refractivity contribution in [2.45, 2.75) is 25.4 Å². The smallest absolute Gasteiger partial charge is 0.262 e. The molecule has 3 aromatic rings. The molecule has 0 aliphatic carbocycles. The van der Waals surface area contributed by atoms with Crippen molar-refractivity contribution < 1.29 is 5.11 Å². The number of nitrogens with zero attached hydrogens (tertiary/aromatic N) is 4. The summed E-state index contributed by atoms with van der Waals surface area (Å²) in [6.45, 7) is 1.45. The van der Waals surface area contributed by atoms with Crippen LogP contribution < -0.4 is 10.5 Å². The highest BCUT2D eigenvalue weighted by Gasteiger charge is 2.27. The van der Waals surface area contributed by atoms with E-state index in [9.17, 15) is 9.90 Å². The zero-order chi connectivity index (χ0) is 16.5. The molecule has 0 radical (unpaired) electrons. The minimum atomic E-state index is -0.161. The summed E-state index contributed by atoms with van der Waals surface area (Å²) in [5.74, 6) is 0.734. The number of benzene rings is 1. The molecule has 1 aliphatic heterocycles. The molecule has 1 atom stereocenters. The molecule has 1 aliphatic rings. The first-order valence-electron chi connectivity index (χ1n) is 8.09. The average molecular weight is 322 g/mol. The minimum absolute atomic E-state index is 0.0292. The maximum absolute atomic E-state index is 12.7. The summed E-state index contributed by atoms with van der Waals surface area (Å²) >= 11 is 0. The van der Waals surface area contributed by atoms with Crippen molar-refractivity contribution in [3.8, 4) is 5.75 Å². The first-order chi connectivity index (χ1) is 11.7. The van der Waals surface area contributed by atoms with Crippen LogP contribution in [0.1, 0.15) is 12.8 Å². The van der Waals surface area contributed by atoms with Crippen molar-refractivity contribution in [1.82, 2.24) is 14.5 Å². The van der Waals surface area contributed by atoms with Crippen molar-refractivity contribution in [2.75, 3.05) is 11.4 Å². The number of pyridine rings is 1. The Bertz CT molecular complexity index is 923. The van der Waals surface area contributed by atoms with Gasteiger partial charge in [-0.1, -0.05) is 12.1 Å². The lowest BCUT2D eigenvalue weighted by atomic mass is 10.1. The number of aromatic hydroxyl groups is 1. The van der Waals surface area contributed by atoms with Gasteiger partial charge in [0.25, 0.3) is 5.56 Å². The van der Waals surface area contributed by atoms with Gasteiger partial charge in [0.2, 0.25) is 5.95 Å². The molecule has 4 rings (SSSR count). The van der Waals surface area contributed by atoms with Crippen LogP contribution in [0.3, 0.4) is 0 Å². The van der Waals surface area contributed by atoms with Crippen molar-refractivity contribution in [3.63, 3.8) is 0 Å². The number of fused-ring (bicyclic) bond motifs is 1. The van der Waals surface area contributed by atoms with Gasteiger partial charge >= 0.3 is 0 Å². The maximum Gasteiger partial charge on any atom is 0.262 e. The predicted octanol–water partition coefficient (Wildman–Crippen LogP) is 2.17. The summed E-state index contributed by atoms with van der Waals surface area (Å²) in [5.41, 5.74) is -0.161. The Morgan fingerprint density at radius 1 is 1.17 bits per heavy atom. The number of aromatic nitrogens is 3. The van der Waals surface area contributed by atoms with Crippen molar-refractivity contribution in [1.29, 1.82) is 0 Å². The average Bonchev–Trinajstić information content (AvgIpc) is 3.06. The number of hydrogen-bond acceptors (Lipinski definition) is 5. The van der Waals surface area contributed by atoms with Crippen molar-refractivity contribution in [2.24, 2.45) is 0 Å². The van der Waals surface area contributed by atoms with Crippen LogP contribution in [0.5, 0.6) is 5.75 Å². The van der Waals surface area contributed by atoms with E-state index in [0.29, 0.717) is 17.9 Å². The van der Waals surface area contributed by atoms with Crippen LogP contribution in [0.2, 0.25) is 0 Å². The third kappa shape index (κ3) is 2.50. The van der Waals surface area contributed by atoms with Gasteiger partial charge in [0, 0.05) is 37.7 Å². The quantitative estimate of drug-likeness (QED) is 0.800. The first kappa shape index (κ1) is 14.7. The van der Waals surface area contributed by atoms with E-state index in [1.165, 1.54) is 0 Å². The van der Waals surface area contributed by atoms with E-state index in [-0.39, 0.29) is 17.4 Å². The fourth-order valence-corrected chi connectivity index (χ4v) is 3.41. The van der Waals surface area contributed by atoms with Gasteiger partial charge in [-0.15, -0.1) is 0 Å². The van der Waals surface area contributed by atoms with Gasteiger partial charge < -0.3 is 14.6 Å². The fourth-order valence-electron chi connectivity index (χ4n) is 3.41. The van der Waals surface area contributed by atoms with Crippen LogP contribution in [0.4, 0.5) is 5.95 Å². The molecule has 0 spiro atoms. The molecule has 24 heavy (non-hydrogen) atoms. The Morgan fingerprint density at radius 2 is 2.00 bits per heavy atom. The zero-order valence-corrected chi connectivity index (χ0v) is 13.2. The van der Waals surface area contributed by atoms with Gasteiger partial charge in [-0.05, 0) is 36.4 Å². The molecule has 122 valence electrons. The second-order valence-corrected chi connectivity index (χ2v) is 6.05. The fraction of sp³-hybridized carbons (Fsp3) is 0.278. The SMILES string of the molecule is O=c1c2c(O)cccc2ccn1CC1CCCN1c1ncccn1. The monoisotopic (exact) mass is 322 g/mol. The maximum atomic E-state index is 12.7. The number of anilines is 1. The van der Waals surface area contributed by atoms with E-state index in [0.717, 1.165) is 24.8 Å². The normalized spacial score (nSPS) is 17.5. The second-order valence-electron chi connectivity index (χ2n) is 6.05. The molecule has 0 bridgehead atoms. The Labute approximate surface area is 139 Å². The highest BCUT2D eigenvalue weighted by atomic mass is 16.3. The van der Waals surface area contributed by atoms with Gasteiger partial charge in [0.15, 0.2) is 0 Å². The van der Waals surface area contributed by atoms with Gasteiger partial charge in [-0.25, -0.2) is 9.97 Å². The van der Waals surface area contributed by atoms with Crippen LogP contribution in [0, 0.1) is 0 Å². The number of phenolic OH excluding ortho intramolecular Hbond substituents is 1. The summed E-state index contributed by atoms with van der Waals surface area (Å²) in [5, 5.41) is 11.2. The molecule has 1 aromatic carbocycles. The predicted molar refractivity (Wildman–Crippen MR) is 92.3 cm³/mol. The lowest BCUT2D eigenvalue weighted by Gasteiger charge is -2.25. The molecule has 6 nitrogen and oxygen atoms in total. The summed E-state index contributed by atoms with van der Waals surface area (Å²) in [6.07, 6.45) is 7.31. The Morgan fingerprint density at radius 3 is 2.83 bits per heavy atom. The van der Waals surface area contributed by atoms with Crippen molar-refractivity contribution >= 4 is 16.7 Å². The summed E-state index contributed by atoms with van der Waals surface area (Å²) < 4.78 is 1.67. The largest absolute Gasteiger partial charge is 0.507 e. The minimum Gasteiger partial charge on any atom is -0.507 e. The molecule has 1 N–H and O–H groups in total. The number of hydrogen-bond donors (Lipinski definition) is 1. The van der Waals surface area contributed by atoms with Crippen LogP contribution in [-0.4, -0.2) is 32.2 Å². The Kier molecular flexibility index (Phi) is 3.65. The van der Waals surface area contributed by atoms with E-state index in [1.807, 2.05) is 12.1 Å². The molecule has 2 aromatic heterocycles. The molecule has 0 amide bonds. The standard InChI is InChI=1S/C18H18N4O2/c23-15-6-1-4-13-7-11-21(17(24)16(13)15)12-14-5-2-10-22(14)18-19-8-3-9-20-18/h1,3-4,6-9,11,14,23H,2,5,10,12H2. The Balaban J connectivity index is 1.68. The highest BCUT2D eigenvalue weighted by Crippen LogP contribution is 2.24. The molecule has 1 saturated heterocycles. The van der Waals surface area contributed by atoms with E-state index >= 15 is 0 Å².